The predicted octanol–water partition coefficient (Wildman–Crippen LogP) is 3.61. The van der Waals surface area contributed by atoms with Crippen LogP contribution in [0, 0.1) is 0 Å². The summed E-state index contributed by atoms with van der Waals surface area (Å²) in [4.78, 5) is 11.9. The van der Waals surface area contributed by atoms with Crippen molar-refractivity contribution in [1.29, 1.82) is 0 Å². The van der Waals surface area contributed by atoms with Crippen molar-refractivity contribution in [3.8, 4) is 5.75 Å². The molecule has 21 heavy (non-hydrogen) atoms. The Bertz CT molecular complexity index is 586. The van der Waals surface area contributed by atoms with Crippen LogP contribution in [0.1, 0.15) is 15.9 Å². The average molecular weight is 282 g/mol. The minimum absolute atomic E-state index is 0.0363. The molecule has 0 radical (unpaired) electrons. The highest BCUT2D eigenvalue weighted by atomic mass is 16.5. The van der Waals surface area contributed by atoms with Crippen molar-refractivity contribution in [2.75, 3.05) is 20.3 Å². The van der Waals surface area contributed by atoms with Crippen molar-refractivity contribution < 1.29 is 14.3 Å². The third-order valence-electron chi connectivity index (χ3n) is 2.97. The number of hydrogen-bond acceptors (Lipinski definition) is 3. The Morgan fingerprint density at radius 3 is 2.43 bits per heavy atom. The standard InChI is InChI=1S/C18H18O3/c1-20-17-11-9-16(10-12-17)18(19)14-21-13-5-8-15-6-3-2-4-7-15/h2-12H,13-14H2,1H3/b8-5+. The summed E-state index contributed by atoms with van der Waals surface area (Å²) in [6.07, 6.45) is 3.87. The molecule has 108 valence electrons. The second-order valence-corrected chi connectivity index (χ2v) is 4.48. The molecule has 0 amide bonds. The van der Waals surface area contributed by atoms with Crippen molar-refractivity contribution in [2.45, 2.75) is 0 Å². The molecule has 2 aromatic carbocycles. The van der Waals surface area contributed by atoms with E-state index in [1.54, 1.807) is 31.4 Å². The van der Waals surface area contributed by atoms with Gasteiger partial charge in [0.1, 0.15) is 12.4 Å². The van der Waals surface area contributed by atoms with Crippen molar-refractivity contribution in [3.63, 3.8) is 0 Å². The first-order chi connectivity index (χ1) is 10.3. The lowest BCUT2D eigenvalue weighted by Crippen LogP contribution is -2.09. The van der Waals surface area contributed by atoms with Crippen LogP contribution in [0.2, 0.25) is 0 Å². The first-order valence-electron chi connectivity index (χ1n) is 6.76. The predicted molar refractivity (Wildman–Crippen MR) is 83.6 cm³/mol. The van der Waals surface area contributed by atoms with Gasteiger partial charge in [-0.25, -0.2) is 0 Å². The lowest BCUT2D eigenvalue weighted by atomic mass is 10.1. The molecule has 0 aliphatic carbocycles. The van der Waals surface area contributed by atoms with Crippen LogP contribution in [0.3, 0.4) is 0 Å². The van der Waals surface area contributed by atoms with Gasteiger partial charge in [-0.3, -0.25) is 4.79 Å². The normalized spacial score (nSPS) is 10.7. The Labute approximate surface area is 124 Å². The highest BCUT2D eigenvalue weighted by Crippen LogP contribution is 2.11. The van der Waals surface area contributed by atoms with E-state index in [-0.39, 0.29) is 12.4 Å². The van der Waals surface area contributed by atoms with Crippen molar-refractivity contribution >= 4 is 11.9 Å². The zero-order chi connectivity index (χ0) is 14.9. The number of carbonyl (C=O) groups is 1. The van der Waals surface area contributed by atoms with Gasteiger partial charge in [-0.05, 0) is 29.8 Å². The van der Waals surface area contributed by atoms with Crippen molar-refractivity contribution in [1.82, 2.24) is 0 Å². The summed E-state index contributed by atoms with van der Waals surface area (Å²) in [7, 11) is 1.60. The second-order valence-electron chi connectivity index (χ2n) is 4.48. The van der Waals surface area contributed by atoms with Crippen LogP contribution in [-0.4, -0.2) is 26.1 Å². The van der Waals surface area contributed by atoms with E-state index in [0.29, 0.717) is 12.2 Å². The number of methoxy groups -OCH3 is 1. The van der Waals surface area contributed by atoms with Crippen LogP contribution in [0.5, 0.6) is 5.75 Å². The fourth-order valence-electron chi connectivity index (χ4n) is 1.83. The number of ether oxygens (including phenoxy) is 2. The van der Waals surface area contributed by atoms with Gasteiger partial charge >= 0.3 is 0 Å². The molecule has 0 aliphatic heterocycles. The summed E-state index contributed by atoms with van der Waals surface area (Å²) in [5.41, 5.74) is 1.74. The Kier molecular flexibility index (Phi) is 5.73. The SMILES string of the molecule is COc1ccc(C(=O)COC/C=C/c2ccccc2)cc1. The molecular weight excluding hydrogens is 264 g/mol. The number of carbonyl (C=O) groups excluding carboxylic acids is 1. The summed E-state index contributed by atoms with van der Waals surface area (Å²) in [5, 5.41) is 0. The van der Waals surface area contributed by atoms with Crippen molar-refractivity contribution in [2.24, 2.45) is 0 Å². The molecule has 0 spiro atoms. The maximum Gasteiger partial charge on any atom is 0.188 e. The molecule has 0 fully saturated rings. The summed E-state index contributed by atoms with van der Waals surface area (Å²) in [6, 6.07) is 17.0. The third kappa shape index (κ3) is 4.89. The Balaban J connectivity index is 1.75. The van der Waals surface area contributed by atoms with Gasteiger partial charge in [0.2, 0.25) is 0 Å². The van der Waals surface area contributed by atoms with Crippen LogP contribution >= 0.6 is 0 Å². The Morgan fingerprint density at radius 1 is 1.05 bits per heavy atom. The molecule has 0 heterocycles. The number of benzene rings is 2. The largest absolute Gasteiger partial charge is 0.497 e. The van der Waals surface area contributed by atoms with Gasteiger partial charge in [-0.2, -0.15) is 0 Å². The van der Waals surface area contributed by atoms with Gasteiger partial charge < -0.3 is 9.47 Å². The fraction of sp³-hybridized carbons (Fsp3) is 0.167. The second kappa shape index (κ2) is 8.02. The highest BCUT2D eigenvalue weighted by Gasteiger charge is 2.05. The number of Topliss-reactive ketones (excluding diaryl/α,β-unsaturated/α-hetero) is 1. The first kappa shape index (κ1) is 15.0. The highest BCUT2D eigenvalue weighted by molar-refractivity contribution is 5.97. The topological polar surface area (TPSA) is 35.5 Å². The molecule has 3 heteroatoms. The van der Waals surface area contributed by atoms with Crippen LogP contribution in [0.25, 0.3) is 6.08 Å². The molecule has 0 aliphatic rings. The Morgan fingerprint density at radius 2 is 1.76 bits per heavy atom. The quantitative estimate of drug-likeness (QED) is 0.575. The van der Waals surface area contributed by atoms with E-state index in [2.05, 4.69) is 0 Å². The molecular formula is C18H18O3. The van der Waals surface area contributed by atoms with Crippen molar-refractivity contribution in [3.05, 3.63) is 71.8 Å². The molecule has 0 unspecified atom stereocenters. The van der Waals surface area contributed by atoms with E-state index < -0.39 is 0 Å². The molecule has 0 saturated heterocycles. The van der Waals surface area contributed by atoms with Gasteiger partial charge in [0, 0.05) is 5.56 Å². The summed E-state index contributed by atoms with van der Waals surface area (Å²) in [5.74, 6) is 0.698. The maximum atomic E-state index is 11.9. The molecule has 0 saturated carbocycles. The Hall–Kier alpha value is -2.39. The molecule has 0 aromatic heterocycles. The van der Waals surface area contributed by atoms with E-state index in [9.17, 15) is 4.79 Å². The van der Waals surface area contributed by atoms with E-state index in [1.165, 1.54) is 0 Å². The molecule has 0 atom stereocenters. The first-order valence-corrected chi connectivity index (χ1v) is 6.76. The zero-order valence-corrected chi connectivity index (χ0v) is 12.0. The smallest absolute Gasteiger partial charge is 0.188 e. The van der Waals surface area contributed by atoms with E-state index in [0.717, 1.165) is 11.3 Å². The van der Waals surface area contributed by atoms with Crippen LogP contribution in [0.15, 0.2) is 60.7 Å². The van der Waals surface area contributed by atoms with Crippen LogP contribution in [-0.2, 0) is 4.74 Å². The van der Waals surface area contributed by atoms with Gasteiger partial charge in [-0.15, -0.1) is 0 Å². The van der Waals surface area contributed by atoms with E-state index in [4.69, 9.17) is 9.47 Å². The van der Waals surface area contributed by atoms with Gasteiger partial charge in [0.05, 0.1) is 13.7 Å². The summed E-state index contributed by atoms with van der Waals surface area (Å²) in [6.45, 7) is 0.488. The number of hydrogen-bond donors (Lipinski definition) is 0. The monoisotopic (exact) mass is 282 g/mol. The molecule has 2 aromatic rings. The summed E-state index contributed by atoms with van der Waals surface area (Å²) >= 11 is 0. The molecule has 2 rings (SSSR count). The number of rotatable bonds is 7. The zero-order valence-electron chi connectivity index (χ0n) is 12.0. The molecule has 0 N–H and O–H groups in total. The van der Waals surface area contributed by atoms with Gasteiger partial charge in [0.15, 0.2) is 5.78 Å². The van der Waals surface area contributed by atoms with E-state index >= 15 is 0 Å². The van der Waals surface area contributed by atoms with Gasteiger partial charge in [-0.1, -0.05) is 42.5 Å². The maximum absolute atomic E-state index is 11.9. The minimum Gasteiger partial charge on any atom is -0.497 e. The lowest BCUT2D eigenvalue weighted by molar-refractivity contribution is 0.0806. The fourth-order valence-corrected chi connectivity index (χ4v) is 1.83. The lowest BCUT2D eigenvalue weighted by Gasteiger charge is -2.03. The molecule has 3 nitrogen and oxygen atoms in total. The van der Waals surface area contributed by atoms with Crippen LogP contribution < -0.4 is 4.74 Å². The summed E-state index contributed by atoms with van der Waals surface area (Å²) < 4.78 is 10.4. The average Bonchev–Trinajstić information content (AvgIpc) is 2.55. The van der Waals surface area contributed by atoms with Gasteiger partial charge in [0.25, 0.3) is 0 Å². The minimum atomic E-state index is -0.0363. The molecule has 0 bridgehead atoms. The van der Waals surface area contributed by atoms with Crippen LogP contribution in [0.4, 0.5) is 0 Å². The number of ketones is 1. The van der Waals surface area contributed by atoms with E-state index in [1.807, 2.05) is 42.5 Å². The third-order valence-corrected chi connectivity index (χ3v) is 2.97.